The van der Waals surface area contributed by atoms with Crippen molar-refractivity contribution in [1.29, 1.82) is 0 Å². The van der Waals surface area contributed by atoms with E-state index < -0.39 is 0 Å². The third-order valence-corrected chi connectivity index (χ3v) is 4.92. The third kappa shape index (κ3) is 2.56. The molecule has 3 aromatic heterocycles. The molecule has 0 radical (unpaired) electrons. The molecule has 1 N–H and O–H groups in total. The molecule has 0 amide bonds. The molecule has 0 atom stereocenters. The Morgan fingerprint density at radius 1 is 1.00 bits per heavy atom. The van der Waals surface area contributed by atoms with Crippen LogP contribution in [0, 0.1) is 0 Å². The molecule has 3 heterocycles. The number of nitrogens with zero attached hydrogens (tertiary/aromatic N) is 2. The Labute approximate surface area is 146 Å². The summed E-state index contributed by atoms with van der Waals surface area (Å²) in [4.78, 5) is 8.75. The van der Waals surface area contributed by atoms with Crippen LogP contribution in [0.4, 0.5) is 0 Å². The van der Waals surface area contributed by atoms with Crippen molar-refractivity contribution in [3.05, 3.63) is 65.9 Å². The standard InChI is InChI=1S/C19H13N3O2S/c1-2-5-15-13(4-1)14-8-7-12(10-16(14)20-15)23-11-18-21-19(22-24-18)17-6-3-9-25-17/h1-10,20H,11H2. The second kappa shape index (κ2) is 5.75. The van der Waals surface area contributed by atoms with Gasteiger partial charge in [0.05, 0.1) is 10.4 Å². The molecule has 0 aliphatic rings. The first-order valence-corrected chi connectivity index (χ1v) is 8.74. The predicted molar refractivity (Wildman–Crippen MR) is 97.7 cm³/mol. The Bertz CT molecular complexity index is 1160. The summed E-state index contributed by atoms with van der Waals surface area (Å²) in [6.07, 6.45) is 0. The molecule has 0 fully saturated rings. The maximum Gasteiger partial charge on any atom is 0.264 e. The van der Waals surface area contributed by atoms with E-state index in [0.29, 0.717) is 11.7 Å². The van der Waals surface area contributed by atoms with Gasteiger partial charge in [-0.25, -0.2) is 0 Å². The SMILES string of the molecule is c1csc(-c2noc(COc3ccc4c(c3)[nH]c3ccccc34)n2)c1. The van der Waals surface area contributed by atoms with E-state index in [4.69, 9.17) is 9.26 Å². The van der Waals surface area contributed by atoms with Crippen LogP contribution in [0.15, 0.2) is 64.5 Å². The van der Waals surface area contributed by atoms with E-state index in [1.807, 2.05) is 41.8 Å². The summed E-state index contributed by atoms with van der Waals surface area (Å²) in [5.41, 5.74) is 2.16. The molecule has 5 aromatic rings. The summed E-state index contributed by atoms with van der Waals surface area (Å²) in [5, 5.41) is 8.36. The van der Waals surface area contributed by atoms with Crippen LogP contribution in [0.1, 0.15) is 5.89 Å². The zero-order valence-electron chi connectivity index (χ0n) is 13.1. The molecule has 25 heavy (non-hydrogen) atoms. The van der Waals surface area contributed by atoms with E-state index in [2.05, 4.69) is 33.3 Å². The van der Waals surface area contributed by atoms with Crippen LogP contribution in [-0.4, -0.2) is 15.1 Å². The maximum atomic E-state index is 5.81. The summed E-state index contributed by atoms with van der Waals surface area (Å²) in [6, 6.07) is 18.2. The van der Waals surface area contributed by atoms with E-state index >= 15 is 0 Å². The Balaban J connectivity index is 1.38. The van der Waals surface area contributed by atoms with Gasteiger partial charge >= 0.3 is 0 Å². The van der Waals surface area contributed by atoms with Gasteiger partial charge in [0, 0.05) is 22.4 Å². The summed E-state index contributed by atoms with van der Waals surface area (Å²) in [6.45, 7) is 0.240. The lowest BCUT2D eigenvalue weighted by molar-refractivity contribution is 0.243. The number of hydrogen-bond acceptors (Lipinski definition) is 5. The van der Waals surface area contributed by atoms with Gasteiger partial charge in [0.2, 0.25) is 5.82 Å². The fourth-order valence-corrected chi connectivity index (χ4v) is 3.54. The number of hydrogen-bond donors (Lipinski definition) is 1. The average Bonchev–Trinajstić information content (AvgIpc) is 3.37. The molecule has 2 aromatic carbocycles. The van der Waals surface area contributed by atoms with Crippen molar-refractivity contribution in [2.45, 2.75) is 6.61 Å². The Morgan fingerprint density at radius 2 is 1.92 bits per heavy atom. The normalized spacial score (nSPS) is 11.4. The lowest BCUT2D eigenvalue weighted by atomic mass is 10.1. The van der Waals surface area contributed by atoms with Crippen LogP contribution in [0.25, 0.3) is 32.5 Å². The van der Waals surface area contributed by atoms with E-state index in [1.165, 1.54) is 10.8 Å². The van der Waals surface area contributed by atoms with Crippen LogP contribution < -0.4 is 4.74 Å². The molecule has 6 heteroatoms. The van der Waals surface area contributed by atoms with Crippen LogP contribution >= 0.6 is 11.3 Å². The lowest BCUT2D eigenvalue weighted by Gasteiger charge is -2.02. The smallest absolute Gasteiger partial charge is 0.264 e. The van der Waals surface area contributed by atoms with E-state index in [1.54, 1.807) is 11.3 Å². The third-order valence-electron chi connectivity index (χ3n) is 4.05. The first-order chi connectivity index (χ1) is 12.4. The first-order valence-electron chi connectivity index (χ1n) is 7.86. The molecule has 0 saturated carbocycles. The molecule has 0 unspecified atom stereocenters. The van der Waals surface area contributed by atoms with E-state index in [9.17, 15) is 0 Å². The van der Waals surface area contributed by atoms with Crippen molar-refractivity contribution in [3.63, 3.8) is 0 Å². The molecule has 0 spiro atoms. The zero-order valence-corrected chi connectivity index (χ0v) is 13.9. The van der Waals surface area contributed by atoms with Gasteiger partial charge in [-0.05, 0) is 29.6 Å². The number of ether oxygens (including phenoxy) is 1. The number of thiophene rings is 1. The highest BCUT2D eigenvalue weighted by molar-refractivity contribution is 7.13. The van der Waals surface area contributed by atoms with Gasteiger partial charge in [-0.15, -0.1) is 11.3 Å². The average molecular weight is 347 g/mol. The van der Waals surface area contributed by atoms with Gasteiger partial charge in [-0.2, -0.15) is 4.98 Å². The van der Waals surface area contributed by atoms with Crippen molar-refractivity contribution < 1.29 is 9.26 Å². The number of benzene rings is 2. The Morgan fingerprint density at radius 3 is 2.84 bits per heavy atom. The number of para-hydroxylation sites is 1. The molecule has 0 bridgehead atoms. The van der Waals surface area contributed by atoms with E-state index in [0.717, 1.165) is 21.7 Å². The second-order valence-corrected chi connectivity index (χ2v) is 6.60. The molecule has 0 saturated heterocycles. The number of nitrogens with one attached hydrogen (secondary N) is 1. The highest BCUT2D eigenvalue weighted by Gasteiger charge is 2.10. The van der Waals surface area contributed by atoms with Crippen LogP contribution in [0.2, 0.25) is 0 Å². The van der Waals surface area contributed by atoms with Gasteiger partial charge in [0.15, 0.2) is 6.61 Å². The molecule has 5 nitrogen and oxygen atoms in total. The highest BCUT2D eigenvalue weighted by atomic mass is 32.1. The fraction of sp³-hybridized carbons (Fsp3) is 0.0526. The molecule has 122 valence electrons. The monoisotopic (exact) mass is 347 g/mol. The fourth-order valence-electron chi connectivity index (χ4n) is 2.89. The number of rotatable bonds is 4. The number of aromatic nitrogens is 3. The topological polar surface area (TPSA) is 63.9 Å². The lowest BCUT2D eigenvalue weighted by Crippen LogP contribution is -1.95. The van der Waals surface area contributed by atoms with Crippen molar-refractivity contribution in [2.75, 3.05) is 0 Å². The molecular formula is C19H13N3O2S. The van der Waals surface area contributed by atoms with Gasteiger partial charge in [-0.3, -0.25) is 0 Å². The highest BCUT2D eigenvalue weighted by Crippen LogP contribution is 2.28. The molecular weight excluding hydrogens is 334 g/mol. The molecule has 5 rings (SSSR count). The molecule has 0 aliphatic carbocycles. The van der Waals surface area contributed by atoms with E-state index in [-0.39, 0.29) is 6.61 Å². The van der Waals surface area contributed by atoms with Gasteiger partial charge in [0.1, 0.15) is 5.75 Å². The van der Waals surface area contributed by atoms with Crippen LogP contribution in [0.3, 0.4) is 0 Å². The number of fused-ring (bicyclic) bond motifs is 3. The largest absolute Gasteiger partial charge is 0.484 e. The summed E-state index contributed by atoms with van der Waals surface area (Å²) in [5.74, 6) is 1.81. The quantitative estimate of drug-likeness (QED) is 0.496. The molecule has 0 aliphatic heterocycles. The van der Waals surface area contributed by atoms with Crippen molar-refractivity contribution in [1.82, 2.24) is 15.1 Å². The maximum absolute atomic E-state index is 5.81. The second-order valence-electron chi connectivity index (χ2n) is 5.66. The summed E-state index contributed by atoms with van der Waals surface area (Å²) >= 11 is 1.58. The van der Waals surface area contributed by atoms with Crippen molar-refractivity contribution in [2.24, 2.45) is 0 Å². The first kappa shape index (κ1) is 14.2. The minimum Gasteiger partial charge on any atom is -0.484 e. The predicted octanol–water partition coefficient (Wildman–Crippen LogP) is 5.01. The van der Waals surface area contributed by atoms with Crippen molar-refractivity contribution >= 4 is 33.1 Å². The van der Waals surface area contributed by atoms with Gasteiger partial charge in [-0.1, -0.05) is 29.4 Å². The van der Waals surface area contributed by atoms with Crippen LogP contribution in [-0.2, 0) is 6.61 Å². The summed E-state index contributed by atoms with van der Waals surface area (Å²) in [7, 11) is 0. The summed E-state index contributed by atoms with van der Waals surface area (Å²) < 4.78 is 11.1. The Hall–Kier alpha value is -3.12. The zero-order chi connectivity index (χ0) is 16.6. The minimum absolute atomic E-state index is 0.240. The van der Waals surface area contributed by atoms with Crippen molar-refractivity contribution in [3.8, 4) is 16.5 Å². The number of H-pyrrole nitrogens is 1. The van der Waals surface area contributed by atoms with Gasteiger partial charge < -0.3 is 14.2 Å². The van der Waals surface area contributed by atoms with Gasteiger partial charge in [0.25, 0.3) is 5.89 Å². The van der Waals surface area contributed by atoms with Crippen LogP contribution in [0.5, 0.6) is 5.75 Å². The number of aromatic amines is 1. The minimum atomic E-state index is 0.240. The Kier molecular flexibility index (Phi) is 3.28.